The highest BCUT2D eigenvalue weighted by atomic mass is 32.2. The predicted molar refractivity (Wildman–Crippen MR) is 104 cm³/mol. The Balaban J connectivity index is 1.52. The number of hydrogen-bond donors (Lipinski definition) is 0. The van der Waals surface area contributed by atoms with E-state index in [1.165, 1.54) is 18.2 Å². The molecule has 1 saturated heterocycles. The van der Waals surface area contributed by atoms with E-state index >= 15 is 0 Å². The van der Waals surface area contributed by atoms with Gasteiger partial charge in [0.05, 0.1) is 12.9 Å². The van der Waals surface area contributed by atoms with Gasteiger partial charge in [0.2, 0.25) is 5.91 Å². The van der Waals surface area contributed by atoms with E-state index in [1.807, 2.05) is 40.8 Å². The SMILES string of the molecule is COc1cccc(OCc2nnc(SCC(=O)N3CCCC(C)C3)n2C)c1. The molecule has 1 fully saturated rings. The van der Waals surface area contributed by atoms with Gasteiger partial charge in [-0.2, -0.15) is 0 Å². The molecular formula is C19H26N4O3S. The monoisotopic (exact) mass is 390 g/mol. The number of ether oxygens (including phenoxy) is 2. The minimum atomic E-state index is 0.170. The van der Waals surface area contributed by atoms with E-state index in [-0.39, 0.29) is 5.91 Å². The van der Waals surface area contributed by atoms with Crippen LogP contribution in [0.15, 0.2) is 29.4 Å². The summed E-state index contributed by atoms with van der Waals surface area (Å²) in [6, 6.07) is 7.43. The van der Waals surface area contributed by atoms with Gasteiger partial charge in [-0.1, -0.05) is 24.8 Å². The number of benzene rings is 1. The molecule has 0 saturated carbocycles. The van der Waals surface area contributed by atoms with E-state index in [9.17, 15) is 4.79 Å². The first-order chi connectivity index (χ1) is 13.1. The second-order valence-electron chi connectivity index (χ2n) is 6.80. The molecule has 1 atom stereocenters. The van der Waals surface area contributed by atoms with Crippen molar-refractivity contribution >= 4 is 17.7 Å². The first kappa shape index (κ1) is 19.5. The average molecular weight is 391 g/mol. The van der Waals surface area contributed by atoms with Crippen molar-refractivity contribution in [3.63, 3.8) is 0 Å². The van der Waals surface area contributed by atoms with Crippen molar-refractivity contribution in [2.24, 2.45) is 13.0 Å². The van der Waals surface area contributed by atoms with Crippen LogP contribution in [0.5, 0.6) is 11.5 Å². The minimum Gasteiger partial charge on any atom is -0.497 e. The lowest BCUT2D eigenvalue weighted by Gasteiger charge is -2.30. The van der Waals surface area contributed by atoms with E-state index < -0.39 is 0 Å². The summed E-state index contributed by atoms with van der Waals surface area (Å²) < 4.78 is 12.8. The molecule has 1 aliphatic heterocycles. The highest BCUT2D eigenvalue weighted by Crippen LogP contribution is 2.22. The van der Waals surface area contributed by atoms with Gasteiger partial charge in [-0.25, -0.2) is 0 Å². The minimum absolute atomic E-state index is 0.170. The third-order valence-electron chi connectivity index (χ3n) is 4.67. The Kier molecular flexibility index (Phi) is 6.60. The van der Waals surface area contributed by atoms with Crippen molar-refractivity contribution in [2.75, 3.05) is 26.0 Å². The number of rotatable bonds is 7. The predicted octanol–water partition coefficient (Wildman–Crippen LogP) is 2.75. The van der Waals surface area contributed by atoms with Crippen LogP contribution in [0.25, 0.3) is 0 Å². The number of thioether (sulfide) groups is 1. The number of piperidine rings is 1. The number of likely N-dealkylation sites (tertiary alicyclic amines) is 1. The molecule has 0 bridgehead atoms. The fraction of sp³-hybridized carbons (Fsp3) is 0.526. The second kappa shape index (κ2) is 9.12. The normalized spacial score (nSPS) is 17.0. The summed E-state index contributed by atoms with van der Waals surface area (Å²) in [5.41, 5.74) is 0. The molecule has 1 amide bonds. The zero-order valence-electron chi connectivity index (χ0n) is 16.1. The topological polar surface area (TPSA) is 69.5 Å². The van der Waals surface area contributed by atoms with E-state index in [0.717, 1.165) is 30.4 Å². The maximum atomic E-state index is 12.4. The van der Waals surface area contributed by atoms with Gasteiger partial charge in [0, 0.05) is 26.2 Å². The quantitative estimate of drug-likeness (QED) is 0.677. The van der Waals surface area contributed by atoms with Crippen LogP contribution in [0.2, 0.25) is 0 Å². The van der Waals surface area contributed by atoms with Gasteiger partial charge in [-0.15, -0.1) is 10.2 Å². The van der Waals surface area contributed by atoms with Crippen molar-refractivity contribution in [1.29, 1.82) is 0 Å². The molecule has 0 radical (unpaired) electrons. The van der Waals surface area contributed by atoms with E-state index in [4.69, 9.17) is 9.47 Å². The largest absolute Gasteiger partial charge is 0.497 e. The summed E-state index contributed by atoms with van der Waals surface area (Å²) in [7, 11) is 3.51. The van der Waals surface area contributed by atoms with Gasteiger partial charge >= 0.3 is 0 Å². The molecule has 3 rings (SSSR count). The van der Waals surface area contributed by atoms with Crippen LogP contribution in [0, 0.1) is 5.92 Å². The summed E-state index contributed by atoms with van der Waals surface area (Å²) in [6.45, 7) is 4.22. The summed E-state index contributed by atoms with van der Waals surface area (Å²) in [5, 5.41) is 9.10. The first-order valence-electron chi connectivity index (χ1n) is 9.12. The molecule has 0 aliphatic carbocycles. The van der Waals surface area contributed by atoms with Gasteiger partial charge < -0.3 is 18.9 Å². The Hall–Kier alpha value is -2.22. The third-order valence-corrected chi connectivity index (χ3v) is 5.67. The summed E-state index contributed by atoms with van der Waals surface area (Å²) in [6.07, 6.45) is 2.30. The first-order valence-corrected chi connectivity index (χ1v) is 10.1. The van der Waals surface area contributed by atoms with Crippen molar-refractivity contribution in [2.45, 2.75) is 31.5 Å². The molecule has 2 aromatic rings. The lowest BCUT2D eigenvalue weighted by atomic mass is 10.0. The number of carbonyl (C=O) groups excluding carboxylic acids is 1. The molecule has 0 spiro atoms. The smallest absolute Gasteiger partial charge is 0.233 e. The molecule has 2 heterocycles. The van der Waals surface area contributed by atoms with Gasteiger partial charge in [0.1, 0.15) is 18.1 Å². The Labute approximate surface area is 164 Å². The molecule has 1 aromatic heterocycles. The number of amides is 1. The summed E-state index contributed by atoms with van der Waals surface area (Å²) >= 11 is 1.42. The van der Waals surface area contributed by atoms with E-state index in [0.29, 0.717) is 29.9 Å². The number of aromatic nitrogens is 3. The van der Waals surface area contributed by atoms with E-state index in [1.54, 1.807) is 7.11 Å². The number of carbonyl (C=O) groups is 1. The van der Waals surface area contributed by atoms with Crippen molar-refractivity contribution in [3.8, 4) is 11.5 Å². The molecule has 0 N–H and O–H groups in total. The van der Waals surface area contributed by atoms with Gasteiger partial charge in [-0.3, -0.25) is 4.79 Å². The van der Waals surface area contributed by atoms with Gasteiger partial charge in [-0.05, 0) is 30.9 Å². The van der Waals surface area contributed by atoms with Gasteiger partial charge in [0.15, 0.2) is 11.0 Å². The second-order valence-corrected chi connectivity index (χ2v) is 7.74. The van der Waals surface area contributed by atoms with Gasteiger partial charge in [0.25, 0.3) is 0 Å². The molecular weight excluding hydrogens is 364 g/mol. The average Bonchev–Trinajstić information content (AvgIpc) is 3.04. The molecule has 1 aliphatic rings. The fourth-order valence-electron chi connectivity index (χ4n) is 3.07. The summed E-state index contributed by atoms with van der Waals surface area (Å²) in [5.74, 6) is 3.30. The van der Waals surface area contributed by atoms with Crippen molar-refractivity contribution in [1.82, 2.24) is 19.7 Å². The van der Waals surface area contributed by atoms with E-state index in [2.05, 4.69) is 17.1 Å². The van der Waals surface area contributed by atoms with Crippen molar-refractivity contribution in [3.05, 3.63) is 30.1 Å². The van der Waals surface area contributed by atoms with Crippen LogP contribution in [0.4, 0.5) is 0 Å². The lowest BCUT2D eigenvalue weighted by molar-refractivity contribution is -0.130. The Morgan fingerprint density at radius 1 is 1.33 bits per heavy atom. The van der Waals surface area contributed by atoms with Crippen LogP contribution in [-0.4, -0.2) is 51.5 Å². The molecule has 1 unspecified atom stereocenters. The maximum Gasteiger partial charge on any atom is 0.233 e. The highest BCUT2D eigenvalue weighted by molar-refractivity contribution is 7.99. The molecule has 27 heavy (non-hydrogen) atoms. The Morgan fingerprint density at radius 3 is 2.93 bits per heavy atom. The molecule has 1 aromatic carbocycles. The van der Waals surface area contributed by atoms with Crippen LogP contribution in [0.1, 0.15) is 25.6 Å². The number of nitrogens with zero attached hydrogens (tertiary/aromatic N) is 4. The fourth-order valence-corrected chi connectivity index (χ4v) is 3.90. The summed E-state index contributed by atoms with van der Waals surface area (Å²) in [4.78, 5) is 14.4. The van der Waals surface area contributed by atoms with Crippen LogP contribution >= 0.6 is 11.8 Å². The lowest BCUT2D eigenvalue weighted by Crippen LogP contribution is -2.40. The number of methoxy groups -OCH3 is 1. The Morgan fingerprint density at radius 2 is 2.15 bits per heavy atom. The highest BCUT2D eigenvalue weighted by Gasteiger charge is 2.21. The van der Waals surface area contributed by atoms with Crippen LogP contribution < -0.4 is 9.47 Å². The number of hydrogen-bond acceptors (Lipinski definition) is 6. The third kappa shape index (κ3) is 5.15. The maximum absolute atomic E-state index is 12.4. The molecule has 7 nitrogen and oxygen atoms in total. The molecule has 146 valence electrons. The van der Waals surface area contributed by atoms with Crippen LogP contribution in [-0.2, 0) is 18.4 Å². The van der Waals surface area contributed by atoms with Crippen molar-refractivity contribution < 1.29 is 14.3 Å². The standard InChI is InChI=1S/C19H26N4O3S/c1-14-6-5-9-23(11-14)18(24)13-27-19-21-20-17(22(19)2)12-26-16-8-4-7-15(10-16)25-3/h4,7-8,10,14H,5-6,9,11-13H2,1-3H3. The molecule has 8 heteroatoms. The zero-order valence-corrected chi connectivity index (χ0v) is 16.9. The zero-order chi connectivity index (χ0) is 19.2. The Bertz CT molecular complexity index is 780. The van der Waals surface area contributed by atoms with Crippen LogP contribution in [0.3, 0.4) is 0 Å².